The molecule has 2 rings (SSSR count). The van der Waals surface area contributed by atoms with Gasteiger partial charge in [0.2, 0.25) is 5.88 Å². The van der Waals surface area contributed by atoms with Crippen molar-refractivity contribution in [3.05, 3.63) is 42.3 Å². The van der Waals surface area contributed by atoms with Gasteiger partial charge in [0.25, 0.3) is 0 Å². The van der Waals surface area contributed by atoms with Crippen LogP contribution in [-0.2, 0) is 0 Å². The van der Waals surface area contributed by atoms with Crippen molar-refractivity contribution in [1.29, 1.82) is 0 Å². The molecule has 3 nitrogen and oxygen atoms in total. The van der Waals surface area contributed by atoms with Crippen LogP contribution in [0.4, 0.5) is 10.1 Å². The molecule has 1 heterocycles. The van der Waals surface area contributed by atoms with Crippen LogP contribution in [0.3, 0.4) is 0 Å². The van der Waals surface area contributed by atoms with Crippen molar-refractivity contribution in [1.82, 2.24) is 4.98 Å². The topological polar surface area (TPSA) is 48.1 Å². The van der Waals surface area contributed by atoms with E-state index in [1.165, 1.54) is 12.1 Å². The van der Waals surface area contributed by atoms with Gasteiger partial charge >= 0.3 is 0 Å². The van der Waals surface area contributed by atoms with Crippen LogP contribution >= 0.6 is 0 Å². The minimum atomic E-state index is -0.345. The second-order valence-corrected chi connectivity index (χ2v) is 3.32. The number of halogens is 1. The highest BCUT2D eigenvalue weighted by Crippen LogP contribution is 2.26. The Hall–Kier alpha value is -2.10. The van der Waals surface area contributed by atoms with E-state index in [9.17, 15) is 4.39 Å². The third-order valence-corrected chi connectivity index (χ3v) is 2.27. The number of anilines is 1. The van der Waals surface area contributed by atoms with E-state index in [1.807, 2.05) is 6.07 Å². The summed E-state index contributed by atoms with van der Waals surface area (Å²) in [5, 5.41) is 0. The second-order valence-electron chi connectivity index (χ2n) is 3.32. The SMILES string of the molecule is COc1ccc(-c2ccc(F)cc2N)cn1. The number of aromatic nitrogens is 1. The Morgan fingerprint density at radius 2 is 2.06 bits per heavy atom. The molecule has 4 heteroatoms. The van der Waals surface area contributed by atoms with Gasteiger partial charge in [-0.25, -0.2) is 9.37 Å². The minimum Gasteiger partial charge on any atom is -0.481 e. The molecule has 0 spiro atoms. The van der Waals surface area contributed by atoms with Crippen molar-refractivity contribution >= 4 is 5.69 Å². The Morgan fingerprint density at radius 1 is 1.25 bits per heavy atom. The molecule has 16 heavy (non-hydrogen) atoms. The summed E-state index contributed by atoms with van der Waals surface area (Å²) < 4.78 is 17.8. The lowest BCUT2D eigenvalue weighted by molar-refractivity contribution is 0.398. The Labute approximate surface area is 92.7 Å². The van der Waals surface area contributed by atoms with Gasteiger partial charge in [-0.1, -0.05) is 0 Å². The Morgan fingerprint density at radius 3 is 2.62 bits per heavy atom. The summed E-state index contributed by atoms with van der Waals surface area (Å²) in [6.45, 7) is 0. The van der Waals surface area contributed by atoms with E-state index in [0.717, 1.165) is 11.1 Å². The van der Waals surface area contributed by atoms with E-state index in [2.05, 4.69) is 4.98 Å². The number of hydrogen-bond acceptors (Lipinski definition) is 3. The molecule has 0 saturated carbocycles. The van der Waals surface area contributed by atoms with Crippen molar-refractivity contribution in [3.63, 3.8) is 0 Å². The molecule has 0 saturated heterocycles. The van der Waals surface area contributed by atoms with E-state index >= 15 is 0 Å². The summed E-state index contributed by atoms with van der Waals surface area (Å²) in [5.74, 6) is 0.187. The van der Waals surface area contributed by atoms with E-state index < -0.39 is 0 Å². The summed E-state index contributed by atoms with van der Waals surface area (Å²) in [7, 11) is 1.55. The molecule has 0 aliphatic heterocycles. The zero-order chi connectivity index (χ0) is 11.5. The Bertz CT molecular complexity index is 497. The Balaban J connectivity index is 2.42. The van der Waals surface area contributed by atoms with Gasteiger partial charge in [0.1, 0.15) is 5.82 Å². The summed E-state index contributed by atoms with van der Waals surface area (Å²) >= 11 is 0. The fourth-order valence-electron chi connectivity index (χ4n) is 1.46. The van der Waals surface area contributed by atoms with Crippen LogP contribution in [0.25, 0.3) is 11.1 Å². The quantitative estimate of drug-likeness (QED) is 0.788. The number of pyridine rings is 1. The molecule has 0 aliphatic rings. The second kappa shape index (κ2) is 4.18. The van der Waals surface area contributed by atoms with Gasteiger partial charge in [-0.05, 0) is 24.3 Å². The highest BCUT2D eigenvalue weighted by molar-refractivity contribution is 5.75. The maximum absolute atomic E-state index is 12.9. The number of nitrogens with zero attached hydrogens (tertiary/aromatic N) is 1. The molecule has 2 N–H and O–H groups in total. The zero-order valence-electron chi connectivity index (χ0n) is 8.77. The average Bonchev–Trinajstić information content (AvgIpc) is 2.29. The highest BCUT2D eigenvalue weighted by Gasteiger charge is 2.04. The fraction of sp³-hybridized carbons (Fsp3) is 0.0833. The molecule has 0 bridgehead atoms. The number of hydrogen-bond donors (Lipinski definition) is 1. The lowest BCUT2D eigenvalue weighted by atomic mass is 10.1. The van der Waals surface area contributed by atoms with Crippen molar-refractivity contribution < 1.29 is 9.13 Å². The van der Waals surface area contributed by atoms with Gasteiger partial charge in [0.15, 0.2) is 0 Å². The van der Waals surface area contributed by atoms with Crippen LogP contribution in [0.15, 0.2) is 36.5 Å². The van der Waals surface area contributed by atoms with Crippen LogP contribution in [0.2, 0.25) is 0 Å². The van der Waals surface area contributed by atoms with Gasteiger partial charge in [-0.2, -0.15) is 0 Å². The lowest BCUT2D eigenvalue weighted by Crippen LogP contribution is -1.92. The summed E-state index contributed by atoms with van der Waals surface area (Å²) in [6.07, 6.45) is 1.64. The van der Waals surface area contributed by atoms with Crippen molar-refractivity contribution in [2.24, 2.45) is 0 Å². The third kappa shape index (κ3) is 1.95. The first-order chi connectivity index (χ1) is 7.70. The van der Waals surface area contributed by atoms with Gasteiger partial charge in [0.05, 0.1) is 7.11 Å². The van der Waals surface area contributed by atoms with Gasteiger partial charge in [-0.15, -0.1) is 0 Å². The standard InChI is InChI=1S/C12H11FN2O/c1-16-12-5-2-8(7-15-12)10-4-3-9(13)6-11(10)14/h2-7H,14H2,1H3. The molecule has 0 aliphatic carbocycles. The predicted molar refractivity (Wildman–Crippen MR) is 60.6 cm³/mol. The van der Waals surface area contributed by atoms with E-state index in [1.54, 1.807) is 25.4 Å². The molecule has 0 unspecified atom stereocenters. The minimum absolute atomic E-state index is 0.345. The normalized spacial score (nSPS) is 10.1. The first kappa shape index (κ1) is 10.4. The van der Waals surface area contributed by atoms with E-state index in [0.29, 0.717) is 11.6 Å². The number of nitrogen functional groups attached to an aromatic ring is 1. The maximum atomic E-state index is 12.9. The van der Waals surface area contributed by atoms with Crippen LogP contribution in [0, 0.1) is 5.82 Å². The van der Waals surface area contributed by atoms with Crippen LogP contribution in [-0.4, -0.2) is 12.1 Å². The average molecular weight is 218 g/mol. The molecular weight excluding hydrogens is 207 g/mol. The van der Waals surface area contributed by atoms with E-state index in [-0.39, 0.29) is 5.82 Å². The van der Waals surface area contributed by atoms with Crippen molar-refractivity contribution in [2.75, 3.05) is 12.8 Å². The molecule has 0 atom stereocenters. The lowest BCUT2D eigenvalue weighted by Gasteiger charge is -2.06. The van der Waals surface area contributed by atoms with Crippen LogP contribution < -0.4 is 10.5 Å². The number of methoxy groups -OCH3 is 1. The highest BCUT2D eigenvalue weighted by atomic mass is 19.1. The zero-order valence-corrected chi connectivity index (χ0v) is 8.77. The Kier molecular flexibility index (Phi) is 2.72. The summed E-state index contributed by atoms with van der Waals surface area (Å²) in [5.41, 5.74) is 7.71. The predicted octanol–water partition coefficient (Wildman–Crippen LogP) is 2.48. The smallest absolute Gasteiger partial charge is 0.212 e. The van der Waals surface area contributed by atoms with Gasteiger partial charge in [0, 0.05) is 29.1 Å². The summed E-state index contributed by atoms with van der Waals surface area (Å²) in [6, 6.07) is 7.86. The number of rotatable bonds is 2. The number of benzene rings is 1. The summed E-state index contributed by atoms with van der Waals surface area (Å²) in [4.78, 5) is 4.07. The number of ether oxygens (including phenoxy) is 1. The van der Waals surface area contributed by atoms with Crippen molar-refractivity contribution in [2.45, 2.75) is 0 Å². The van der Waals surface area contributed by atoms with Gasteiger partial charge in [-0.3, -0.25) is 0 Å². The van der Waals surface area contributed by atoms with E-state index in [4.69, 9.17) is 10.5 Å². The van der Waals surface area contributed by atoms with Gasteiger partial charge < -0.3 is 10.5 Å². The monoisotopic (exact) mass is 218 g/mol. The molecule has 1 aromatic heterocycles. The molecule has 2 aromatic rings. The molecular formula is C12H11FN2O. The largest absolute Gasteiger partial charge is 0.481 e. The van der Waals surface area contributed by atoms with Crippen LogP contribution in [0.1, 0.15) is 0 Å². The molecule has 1 aromatic carbocycles. The first-order valence-corrected chi connectivity index (χ1v) is 4.76. The maximum Gasteiger partial charge on any atom is 0.212 e. The number of nitrogens with two attached hydrogens (primary N) is 1. The van der Waals surface area contributed by atoms with Crippen LogP contribution in [0.5, 0.6) is 5.88 Å². The molecule has 0 radical (unpaired) electrons. The molecule has 82 valence electrons. The molecule has 0 fully saturated rings. The van der Waals surface area contributed by atoms with Crippen molar-refractivity contribution in [3.8, 4) is 17.0 Å². The first-order valence-electron chi connectivity index (χ1n) is 4.76. The fourth-order valence-corrected chi connectivity index (χ4v) is 1.46. The third-order valence-electron chi connectivity index (χ3n) is 2.27. The molecule has 0 amide bonds.